The van der Waals surface area contributed by atoms with Gasteiger partial charge in [-0.05, 0) is 41.5 Å². The van der Waals surface area contributed by atoms with E-state index in [9.17, 15) is 0 Å². The van der Waals surface area contributed by atoms with Gasteiger partial charge in [-0.2, -0.15) is 0 Å². The molecule has 14 heavy (non-hydrogen) atoms. The fourth-order valence-electron chi connectivity index (χ4n) is 0.762. The van der Waals surface area contributed by atoms with Crippen molar-refractivity contribution in [3.63, 3.8) is 0 Å². The predicted octanol–water partition coefficient (Wildman–Crippen LogP) is 1.94. The summed E-state index contributed by atoms with van der Waals surface area (Å²) < 4.78 is 11.1. The normalized spacial score (nSPS) is 13.7. The quantitative estimate of drug-likeness (QED) is 0.759. The molecule has 0 fully saturated rings. The van der Waals surface area contributed by atoms with Gasteiger partial charge in [0.2, 0.25) is 0 Å². The summed E-state index contributed by atoms with van der Waals surface area (Å²) in [6, 6.07) is -0.0477. The van der Waals surface area contributed by atoms with Crippen molar-refractivity contribution in [2.24, 2.45) is 5.73 Å². The lowest BCUT2D eigenvalue weighted by Crippen LogP contribution is -2.37. The van der Waals surface area contributed by atoms with Crippen molar-refractivity contribution in [2.45, 2.75) is 58.8 Å². The van der Waals surface area contributed by atoms with Crippen molar-refractivity contribution in [3.05, 3.63) is 0 Å². The van der Waals surface area contributed by atoms with Crippen LogP contribution in [0.5, 0.6) is 0 Å². The second-order valence-corrected chi connectivity index (χ2v) is 5.61. The molecule has 0 rings (SSSR count). The van der Waals surface area contributed by atoms with E-state index in [1.54, 1.807) is 0 Å². The largest absolute Gasteiger partial charge is 0.374 e. The van der Waals surface area contributed by atoms with E-state index in [2.05, 4.69) is 0 Å². The lowest BCUT2D eigenvalue weighted by atomic mass is 10.2. The Hall–Kier alpha value is -0.120. The fraction of sp³-hybridized carbons (Fsp3) is 1.00. The highest BCUT2D eigenvalue weighted by atomic mass is 16.5. The van der Waals surface area contributed by atoms with Gasteiger partial charge in [0.15, 0.2) is 0 Å². The molecule has 0 saturated heterocycles. The molecule has 86 valence electrons. The molecule has 0 bridgehead atoms. The topological polar surface area (TPSA) is 44.5 Å². The number of ether oxygens (including phenoxy) is 2. The molecule has 0 unspecified atom stereocenters. The Morgan fingerprint density at radius 2 is 1.14 bits per heavy atom. The first-order valence-electron chi connectivity index (χ1n) is 5.14. The van der Waals surface area contributed by atoms with E-state index in [0.717, 1.165) is 0 Å². The average Bonchev–Trinajstić information content (AvgIpc) is 1.94. The summed E-state index contributed by atoms with van der Waals surface area (Å²) in [7, 11) is 0. The second kappa shape index (κ2) is 5.10. The van der Waals surface area contributed by atoms with Crippen LogP contribution < -0.4 is 5.73 Å². The summed E-state index contributed by atoms with van der Waals surface area (Å²) in [6.45, 7) is 13.2. The van der Waals surface area contributed by atoms with Gasteiger partial charge >= 0.3 is 0 Å². The van der Waals surface area contributed by atoms with E-state index < -0.39 is 0 Å². The molecule has 0 aromatic carbocycles. The summed E-state index contributed by atoms with van der Waals surface area (Å²) in [5.41, 5.74) is 5.59. The standard InChI is InChI=1S/C11H25NO2/c1-10(2,3)13-7-9(12)8-14-11(4,5)6/h9H,7-8,12H2,1-6H3. The Morgan fingerprint density at radius 1 is 0.857 bits per heavy atom. The van der Waals surface area contributed by atoms with E-state index in [0.29, 0.717) is 13.2 Å². The van der Waals surface area contributed by atoms with Crippen LogP contribution in [0.1, 0.15) is 41.5 Å². The monoisotopic (exact) mass is 203 g/mol. The molecule has 0 atom stereocenters. The molecule has 0 saturated carbocycles. The first-order valence-corrected chi connectivity index (χ1v) is 5.14. The first kappa shape index (κ1) is 13.9. The van der Waals surface area contributed by atoms with Crippen molar-refractivity contribution in [1.29, 1.82) is 0 Å². The summed E-state index contributed by atoms with van der Waals surface area (Å²) in [5, 5.41) is 0. The molecule has 0 heterocycles. The van der Waals surface area contributed by atoms with Gasteiger partial charge in [-0.3, -0.25) is 0 Å². The summed E-state index contributed by atoms with van der Waals surface area (Å²) in [4.78, 5) is 0. The van der Waals surface area contributed by atoms with Gasteiger partial charge in [0.05, 0.1) is 30.5 Å². The molecule has 0 aromatic heterocycles. The maximum Gasteiger partial charge on any atom is 0.0647 e. The van der Waals surface area contributed by atoms with Crippen LogP contribution in [0.2, 0.25) is 0 Å². The minimum atomic E-state index is -0.126. The van der Waals surface area contributed by atoms with Gasteiger partial charge in [-0.15, -0.1) is 0 Å². The maximum absolute atomic E-state index is 5.84. The van der Waals surface area contributed by atoms with Crippen molar-refractivity contribution in [2.75, 3.05) is 13.2 Å². The molecule has 0 spiro atoms. The number of rotatable bonds is 4. The zero-order chi connectivity index (χ0) is 11.4. The molecule has 0 radical (unpaired) electrons. The molecule has 3 heteroatoms. The molecule has 0 aromatic rings. The molecule has 0 aliphatic carbocycles. The molecule has 2 N–H and O–H groups in total. The number of hydrogen-bond acceptors (Lipinski definition) is 3. The van der Waals surface area contributed by atoms with Crippen molar-refractivity contribution < 1.29 is 9.47 Å². The highest BCUT2D eigenvalue weighted by Crippen LogP contribution is 2.09. The van der Waals surface area contributed by atoms with Gasteiger partial charge in [0.1, 0.15) is 0 Å². The fourth-order valence-corrected chi connectivity index (χ4v) is 0.762. The minimum Gasteiger partial charge on any atom is -0.374 e. The zero-order valence-electron chi connectivity index (χ0n) is 10.4. The highest BCUT2D eigenvalue weighted by molar-refractivity contribution is 4.67. The minimum absolute atomic E-state index is 0.0477. The molecule has 0 amide bonds. The van der Waals surface area contributed by atoms with Gasteiger partial charge < -0.3 is 15.2 Å². The third kappa shape index (κ3) is 9.96. The molecular formula is C11H25NO2. The SMILES string of the molecule is CC(C)(C)OCC(N)COC(C)(C)C. The van der Waals surface area contributed by atoms with Gasteiger partial charge in [-0.1, -0.05) is 0 Å². The van der Waals surface area contributed by atoms with E-state index >= 15 is 0 Å². The zero-order valence-corrected chi connectivity index (χ0v) is 10.4. The second-order valence-electron chi connectivity index (χ2n) is 5.61. The lowest BCUT2D eigenvalue weighted by Gasteiger charge is -2.25. The van der Waals surface area contributed by atoms with Crippen molar-refractivity contribution in [3.8, 4) is 0 Å². The van der Waals surface area contributed by atoms with Crippen molar-refractivity contribution >= 4 is 0 Å². The van der Waals surface area contributed by atoms with Crippen molar-refractivity contribution in [1.82, 2.24) is 0 Å². The summed E-state index contributed by atoms with van der Waals surface area (Å²) in [5.74, 6) is 0. The third-order valence-corrected chi connectivity index (χ3v) is 1.46. The van der Waals surface area contributed by atoms with E-state index in [1.807, 2.05) is 41.5 Å². The lowest BCUT2D eigenvalue weighted by molar-refractivity contribution is -0.0486. The van der Waals surface area contributed by atoms with Crippen LogP contribution in [0.25, 0.3) is 0 Å². The van der Waals surface area contributed by atoms with E-state index in [4.69, 9.17) is 15.2 Å². The maximum atomic E-state index is 5.84. The van der Waals surface area contributed by atoms with Crippen LogP contribution in [-0.2, 0) is 9.47 Å². The Balaban J connectivity index is 3.62. The van der Waals surface area contributed by atoms with Crippen LogP contribution >= 0.6 is 0 Å². The average molecular weight is 203 g/mol. The Kier molecular flexibility index (Phi) is 5.06. The van der Waals surface area contributed by atoms with Gasteiger partial charge in [-0.25, -0.2) is 0 Å². The number of hydrogen-bond donors (Lipinski definition) is 1. The van der Waals surface area contributed by atoms with Gasteiger partial charge in [0.25, 0.3) is 0 Å². The molecular weight excluding hydrogens is 178 g/mol. The van der Waals surface area contributed by atoms with Crippen LogP contribution in [0, 0.1) is 0 Å². The first-order chi connectivity index (χ1) is 6.10. The summed E-state index contributed by atoms with van der Waals surface area (Å²) >= 11 is 0. The van der Waals surface area contributed by atoms with Crippen LogP contribution in [-0.4, -0.2) is 30.5 Å². The Bertz CT molecular complexity index is 138. The Morgan fingerprint density at radius 3 is 1.36 bits per heavy atom. The smallest absolute Gasteiger partial charge is 0.0647 e. The molecule has 0 aliphatic rings. The van der Waals surface area contributed by atoms with Crippen LogP contribution in [0.3, 0.4) is 0 Å². The third-order valence-electron chi connectivity index (χ3n) is 1.46. The summed E-state index contributed by atoms with van der Waals surface area (Å²) in [6.07, 6.45) is 0. The van der Waals surface area contributed by atoms with E-state index in [-0.39, 0.29) is 17.2 Å². The predicted molar refractivity (Wildman–Crippen MR) is 59.4 cm³/mol. The van der Waals surface area contributed by atoms with Crippen LogP contribution in [0.4, 0.5) is 0 Å². The molecule has 3 nitrogen and oxygen atoms in total. The Labute approximate surface area is 88.0 Å². The number of nitrogens with two attached hydrogens (primary N) is 1. The molecule has 0 aliphatic heterocycles. The van der Waals surface area contributed by atoms with E-state index in [1.165, 1.54) is 0 Å². The van der Waals surface area contributed by atoms with Gasteiger partial charge in [0, 0.05) is 0 Å². The highest BCUT2D eigenvalue weighted by Gasteiger charge is 2.16. The van der Waals surface area contributed by atoms with Crippen LogP contribution in [0.15, 0.2) is 0 Å².